The molecule has 5 rings (SSSR count). The van der Waals surface area contributed by atoms with Crippen LogP contribution in [0.15, 0.2) is 97.1 Å². The molecular formula is C28H16I4S. The van der Waals surface area contributed by atoms with Crippen LogP contribution >= 0.6 is 102 Å². The van der Waals surface area contributed by atoms with Crippen molar-refractivity contribution in [3.8, 4) is 43.1 Å². The molecule has 0 atom stereocenters. The molecule has 5 aromatic rings. The van der Waals surface area contributed by atoms with Gasteiger partial charge in [-0.2, -0.15) is 0 Å². The average Bonchev–Trinajstić information content (AvgIpc) is 3.21. The molecule has 0 amide bonds. The third kappa shape index (κ3) is 5.36. The van der Waals surface area contributed by atoms with Crippen molar-refractivity contribution in [1.29, 1.82) is 0 Å². The molecule has 162 valence electrons. The Hall–Kier alpha value is -0.500. The highest BCUT2D eigenvalue weighted by molar-refractivity contribution is 14.1. The largest absolute Gasteiger partial charge is 0.134 e. The zero-order valence-electron chi connectivity index (χ0n) is 17.2. The van der Waals surface area contributed by atoms with E-state index in [1.807, 2.05) is 11.3 Å². The maximum atomic E-state index is 2.38. The van der Waals surface area contributed by atoms with Crippen molar-refractivity contribution in [3.63, 3.8) is 0 Å². The highest BCUT2D eigenvalue weighted by atomic mass is 127. The van der Waals surface area contributed by atoms with E-state index in [2.05, 4.69) is 187 Å². The number of benzene rings is 4. The summed E-state index contributed by atoms with van der Waals surface area (Å²) in [5.74, 6) is 0. The Balaban J connectivity index is 1.86. The van der Waals surface area contributed by atoms with Crippen molar-refractivity contribution in [2.24, 2.45) is 0 Å². The topological polar surface area (TPSA) is 0 Å². The fourth-order valence-electron chi connectivity index (χ4n) is 3.82. The molecule has 0 unspecified atom stereocenters. The summed E-state index contributed by atoms with van der Waals surface area (Å²) < 4.78 is 4.99. The summed E-state index contributed by atoms with van der Waals surface area (Å²) in [6.45, 7) is 0. The lowest BCUT2D eigenvalue weighted by Gasteiger charge is -2.11. The molecule has 0 aliphatic carbocycles. The second-order valence-corrected chi connectivity index (χ2v) is 13.5. The summed E-state index contributed by atoms with van der Waals surface area (Å²) in [5, 5.41) is 0. The summed E-state index contributed by atoms with van der Waals surface area (Å²) in [6, 6.07) is 35.6. The fourth-order valence-corrected chi connectivity index (χ4v) is 6.62. The van der Waals surface area contributed by atoms with E-state index in [0.717, 1.165) is 0 Å². The van der Waals surface area contributed by atoms with Gasteiger partial charge in [-0.05, 0) is 161 Å². The van der Waals surface area contributed by atoms with Gasteiger partial charge in [0.05, 0.1) is 0 Å². The summed E-state index contributed by atoms with van der Waals surface area (Å²) >= 11 is 11.4. The predicted molar refractivity (Wildman–Crippen MR) is 177 cm³/mol. The van der Waals surface area contributed by atoms with Crippen LogP contribution in [-0.2, 0) is 0 Å². The quantitative estimate of drug-likeness (QED) is 0.158. The van der Waals surface area contributed by atoms with Crippen LogP contribution in [0.3, 0.4) is 0 Å². The van der Waals surface area contributed by atoms with E-state index in [0.29, 0.717) is 0 Å². The Morgan fingerprint density at radius 1 is 0.333 bits per heavy atom. The first-order valence-electron chi connectivity index (χ1n) is 10.2. The third-order valence-corrected chi connectivity index (χ3v) is 9.55. The molecule has 5 heteroatoms. The lowest BCUT2D eigenvalue weighted by Crippen LogP contribution is -1.87. The van der Waals surface area contributed by atoms with E-state index in [4.69, 9.17) is 0 Å². The van der Waals surface area contributed by atoms with Gasteiger partial charge in [0, 0.05) is 35.2 Å². The number of halogens is 4. The first-order chi connectivity index (χ1) is 16.0. The van der Waals surface area contributed by atoms with Gasteiger partial charge in [-0.1, -0.05) is 48.5 Å². The lowest BCUT2D eigenvalue weighted by atomic mass is 9.91. The summed E-state index contributed by atoms with van der Waals surface area (Å²) in [7, 11) is 0. The minimum absolute atomic E-state index is 1.25. The normalized spacial score (nSPS) is 11.0. The number of hydrogen-bond donors (Lipinski definition) is 0. The SMILES string of the molecule is Ic1ccc(-c2sc(-c3ccc(I)cc3)c(-c3ccc(I)cc3)c2-c2ccc(I)cc2)cc1. The minimum atomic E-state index is 1.25. The van der Waals surface area contributed by atoms with Crippen LogP contribution in [0.1, 0.15) is 0 Å². The van der Waals surface area contributed by atoms with Crippen LogP contribution < -0.4 is 0 Å². The van der Waals surface area contributed by atoms with Crippen LogP contribution in [0.25, 0.3) is 43.1 Å². The second-order valence-electron chi connectivity index (χ2n) is 7.54. The van der Waals surface area contributed by atoms with Gasteiger partial charge in [-0.15, -0.1) is 11.3 Å². The van der Waals surface area contributed by atoms with Crippen LogP contribution in [0, 0.1) is 14.3 Å². The Bertz CT molecular complexity index is 1290. The van der Waals surface area contributed by atoms with Crippen LogP contribution in [0.5, 0.6) is 0 Å². The smallest absolute Gasteiger partial charge is 0.0434 e. The molecule has 0 nitrogen and oxygen atoms in total. The van der Waals surface area contributed by atoms with Crippen molar-refractivity contribution < 1.29 is 0 Å². The van der Waals surface area contributed by atoms with E-state index in [1.54, 1.807) is 0 Å². The van der Waals surface area contributed by atoms with Crippen LogP contribution in [0.4, 0.5) is 0 Å². The highest BCUT2D eigenvalue weighted by Crippen LogP contribution is 2.52. The lowest BCUT2D eigenvalue weighted by molar-refractivity contribution is 1.58. The highest BCUT2D eigenvalue weighted by Gasteiger charge is 2.23. The molecule has 4 aromatic carbocycles. The molecule has 0 aliphatic rings. The van der Waals surface area contributed by atoms with Gasteiger partial charge in [0.2, 0.25) is 0 Å². The van der Waals surface area contributed by atoms with E-state index < -0.39 is 0 Å². The average molecular weight is 892 g/mol. The van der Waals surface area contributed by atoms with Crippen molar-refractivity contribution in [2.75, 3.05) is 0 Å². The fraction of sp³-hybridized carbons (Fsp3) is 0. The van der Waals surface area contributed by atoms with Crippen molar-refractivity contribution in [2.45, 2.75) is 0 Å². The Morgan fingerprint density at radius 2 is 0.576 bits per heavy atom. The Morgan fingerprint density at radius 3 is 0.848 bits per heavy atom. The third-order valence-electron chi connectivity index (χ3n) is 5.39. The number of thiophene rings is 1. The van der Waals surface area contributed by atoms with Crippen LogP contribution in [0.2, 0.25) is 0 Å². The zero-order chi connectivity index (χ0) is 22.9. The van der Waals surface area contributed by atoms with E-state index in [9.17, 15) is 0 Å². The summed E-state index contributed by atoms with van der Waals surface area (Å²) in [6.07, 6.45) is 0. The van der Waals surface area contributed by atoms with E-state index in [1.165, 1.54) is 57.4 Å². The van der Waals surface area contributed by atoms with E-state index >= 15 is 0 Å². The number of hydrogen-bond acceptors (Lipinski definition) is 1. The minimum Gasteiger partial charge on any atom is -0.134 e. The summed E-state index contributed by atoms with van der Waals surface area (Å²) in [5.41, 5.74) is 7.66. The molecule has 0 saturated carbocycles. The van der Waals surface area contributed by atoms with Gasteiger partial charge < -0.3 is 0 Å². The predicted octanol–water partition coefficient (Wildman–Crippen LogP) is 10.8. The monoisotopic (exact) mass is 892 g/mol. The Labute approximate surface area is 252 Å². The van der Waals surface area contributed by atoms with Crippen molar-refractivity contribution in [3.05, 3.63) is 111 Å². The van der Waals surface area contributed by atoms with Crippen molar-refractivity contribution >= 4 is 102 Å². The molecule has 0 aliphatic heterocycles. The number of rotatable bonds is 4. The molecule has 0 bridgehead atoms. The second kappa shape index (κ2) is 10.6. The van der Waals surface area contributed by atoms with Gasteiger partial charge in [0.15, 0.2) is 0 Å². The van der Waals surface area contributed by atoms with E-state index in [-0.39, 0.29) is 0 Å². The first kappa shape index (κ1) is 24.2. The van der Waals surface area contributed by atoms with Crippen LogP contribution in [-0.4, -0.2) is 0 Å². The molecule has 0 N–H and O–H groups in total. The molecule has 0 saturated heterocycles. The van der Waals surface area contributed by atoms with Gasteiger partial charge in [-0.3, -0.25) is 0 Å². The summed E-state index contributed by atoms with van der Waals surface area (Å²) in [4.78, 5) is 2.63. The van der Waals surface area contributed by atoms with Crippen molar-refractivity contribution in [1.82, 2.24) is 0 Å². The van der Waals surface area contributed by atoms with Gasteiger partial charge in [-0.25, -0.2) is 0 Å². The first-order valence-corrected chi connectivity index (χ1v) is 15.3. The molecule has 1 aromatic heterocycles. The standard InChI is InChI=1S/C28H16I4S/c29-21-9-1-17(2-10-21)25-26(18-3-11-22(30)12-4-18)28(20-7-15-24(32)16-8-20)33-27(25)19-5-13-23(31)14-6-19/h1-16H. The zero-order valence-corrected chi connectivity index (χ0v) is 26.6. The Kier molecular flexibility index (Phi) is 7.80. The molecular weight excluding hydrogens is 876 g/mol. The van der Waals surface area contributed by atoms with Gasteiger partial charge >= 0.3 is 0 Å². The molecule has 0 fully saturated rings. The van der Waals surface area contributed by atoms with Gasteiger partial charge in [0.1, 0.15) is 0 Å². The van der Waals surface area contributed by atoms with Gasteiger partial charge in [0.25, 0.3) is 0 Å². The maximum absolute atomic E-state index is 2.38. The molecule has 0 radical (unpaired) electrons. The maximum Gasteiger partial charge on any atom is 0.0434 e. The molecule has 33 heavy (non-hydrogen) atoms. The molecule has 1 heterocycles. The molecule has 0 spiro atoms.